The Morgan fingerprint density at radius 2 is 1.92 bits per heavy atom. The number of nitrogens with zero attached hydrogens (tertiary/aromatic N) is 2. The molecule has 24 heavy (non-hydrogen) atoms. The molecule has 2 N–H and O–H groups in total. The topological polar surface area (TPSA) is 66.9 Å². The lowest BCUT2D eigenvalue weighted by atomic mass is 10.2. The molecule has 5 nitrogen and oxygen atoms in total. The van der Waals surface area contributed by atoms with E-state index in [4.69, 9.17) is 0 Å². The number of amides is 1. The van der Waals surface area contributed by atoms with E-state index in [-0.39, 0.29) is 5.91 Å². The third-order valence-electron chi connectivity index (χ3n) is 3.60. The van der Waals surface area contributed by atoms with Crippen LogP contribution >= 0.6 is 0 Å². The van der Waals surface area contributed by atoms with Crippen LogP contribution in [0.5, 0.6) is 0 Å². The number of hydrogen-bond acceptors (Lipinski definition) is 4. The van der Waals surface area contributed by atoms with Crippen LogP contribution < -0.4 is 10.6 Å². The summed E-state index contributed by atoms with van der Waals surface area (Å²) in [6.07, 6.45) is 5.08. The number of pyridine rings is 2. The maximum absolute atomic E-state index is 12.1. The lowest BCUT2D eigenvalue weighted by Crippen LogP contribution is -2.23. The molecule has 120 valence electrons. The summed E-state index contributed by atoms with van der Waals surface area (Å²) >= 11 is 0. The fraction of sp³-hybridized carbons (Fsp3) is 0.105. The molecule has 0 saturated heterocycles. The molecule has 0 aliphatic carbocycles. The van der Waals surface area contributed by atoms with Crippen molar-refractivity contribution in [2.45, 2.75) is 13.5 Å². The number of rotatable bonds is 5. The number of carbonyl (C=O) groups is 1. The molecular weight excluding hydrogens is 300 g/mol. The number of hydrogen-bond donors (Lipinski definition) is 2. The van der Waals surface area contributed by atoms with Crippen molar-refractivity contribution in [3.05, 3.63) is 83.9 Å². The zero-order chi connectivity index (χ0) is 16.8. The van der Waals surface area contributed by atoms with Gasteiger partial charge in [0.2, 0.25) is 0 Å². The van der Waals surface area contributed by atoms with Crippen molar-refractivity contribution >= 4 is 17.3 Å². The number of nitrogens with one attached hydrogen (secondary N) is 2. The summed E-state index contributed by atoms with van der Waals surface area (Å²) in [7, 11) is 0. The molecule has 0 fully saturated rings. The molecule has 0 spiro atoms. The van der Waals surface area contributed by atoms with Gasteiger partial charge in [0.15, 0.2) is 0 Å². The number of aromatic nitrogens is 2. The van der Waals surface area contributed by atoms with Crippen LogP contribution in [-0.2, 0) is 6.54 Å². The van der Waals surface area contributed by atoms with Gasteiger partial charge in [-0.1, -0.05) is 24.3 Å². The minimum absolute atomic E-state index is 0.207. The lowest BCUT2D eigenvalue weighted by Gasteiger charge is -2.09. The Labute approximate surface area is 140 Å². The van der Waals surface area contributed by atoms with Crippen LogP contribution in [0.15, 0.2) is 67.1 Å². The van der Waals surface area contributed by atoms with Crippen LogP contribution in [0, 0.1) is 6.92 Å². The largest absolute Gasteiger partial charge is 0.354 e. The number of aryl methyl sites for hydroxylation is 1. The van der Waals surface area contributed by atoms with Crippen molar-refractivity contribution in [3.8, 4) is 0 Å². The maximum atomic E-state index is 12.1. The summed E-state index contributed by atoms with van der Waals surface area (Å²) in [6, 6.07) is 15.3. The fourth-order valence-electron chi connectivity index (χ4n) is 2.25. The third kappa shape index (κ3) is 3.95. The molecule has 1 aromatic carbocycles. The van der Waals surface area contributed by atoms with Gasteiger partial charge in [-0.25, -0.2) is 4.98 Å². The van der Waals surface area contributed by atoms with Crippen LogP contribution in [0.2, 0.25) is 0 Å². The highest BCUT2D eigenvalue weighted by Crippen LogP contribution is 2.19. The molecule has 0 radical (unpaired) electrons. The summed E-state index contributed by atoms with van der Waals surface area (Å²) in [5.74, 6) is -0.207. The predicted octanol–water partition coefficient (Wildman–Crippen LogP) is 3.46. The van der Waals surface area contributed by atoms with E-state index in [0.29, 0.717) is 12.2 Å². The van der Waals surface area contributed by atoms with Gasteiger partial charge in [0.1, 0.15) is 5.69 Å². The third-order valence-corrected chi connectivity index (χ3v) is 3.60. The molecule has 2 heterocycles. The molecule has 1 amide bonds. The first-order valence-electron chi connectivity index (χ1n) is 7.68. The first-order valence-corrected chi connectivity index (χ1v) is 7.68. The van der Waals surface area contributed by atoms with E-state index in [1.807, 2.05) is 49.4 Å². The quantitative estimate of drug-likeness (QED) is 0.756. The zero-order valence-electron chi connectivity index (χ0n) is 13.4. The van der Waals surface area contributed by atoms with Crippen LogP contribution in [0.3, 0.4) is 0 Å². The molecule has 0 aliphatic rings. The Morgan fingerprint density at radius 3 is 2.62 bits per heavy atom. The highest BCUT2D eigenvalue weighted by molar-refractivity contribution is 5.92. The fourth-order valence-corrected chi connectivity index (χ4v) is 2.25. The van der Waals surface area contributed by atoms with Gasteiger partial charge in [-0.05, 0) is 42.3 Å². The van der Waals surface area contributed by atoms with E-state index >= 15 is 0 Å². The Balaban J connectivity index is 1.61. The van der Waals surface area contributed by atoms with Crippen molar-refractivity contribution in [1.29, 1.82) is 0 Å². The molecule has 5 heteroatoms. The van der Waals surface area contributed by atoms with Crippen molar-refractivity contribution in [2.24, 2.45) is 0 Å². The zero-order valence-corrected chi connectivity index (χ0v) is 13.4. The smallest absolute Gasteiger partial charge is 0.270 e. The maximum Gasteiger partial charge on any atom is 0.270 e. The van der Waals surface area contributed by atoms with E-state index in [9.17, 15) is 4.79 Å². The van der Waals surface area contributed by atoms with E-state index in [2.05, 4.69) is 20.6 Å². The summed E-state index contributed by atoms with van der Waals surface area (Å²) in [5, 5.41) is 6.13. The van der Waals surface area contributed by atoms with Crippen LogP contribution in [-0.4, -0.2) is 15.9 Å². The standard InChI is InChI=1S/C19H18N4O/c1-14-5-2-3-7-17(14)23-16-8-9-18(21-13-16)19(24)22-12-15-6-4-10-20-11-15/h2-11,13,23H,12H2,1H3,(H,22,24). The van der Waals surface area contributed by atoms with Gasteiger partial charge in [0.25, 0.3) is 5.91 Å². The van der Waals surface area contributed by atoms with Crippen molar-refractivity contribution < 1.29 is 4.79 Å². The van der Waals surface area contributed by atoms with Gasteiger partial charge in [-0.3, -0.25) is 9.78 Å². The normalized spacial score (nSPS) is 10.2. The second kappa shape index (κ2) is 7.37. The van der Waals surface area contributed by atoms with Gasteiger partial charge < -0.3 is 10.6 Å². The van der Waals surface area contributed by atoms with E-state index in [1.54, 1.807) is 24.7 Å². The summed E-state index contributed by atoms with van der Waals surface area (Å²) in [6.45, 7) is 2.47. The Morgan fingerprint density at radius 1 is 1.04 bits per heavy atom. The lowest BCUT2D eigenvalue weighted by molar-refractivity contribution is 0.0946. The molecule has 3 aromatic rings. The van der Waals surface area contributed by atoms with Crippen molar-refractivity contribution in [3.63, 3.8) is 0 Å². The average molecular weight is 318 g/mol. The number of carbonyl (C=O) groups excluding carboxylic acids is 1. The molecule has 2 aromatic heterocycles. The molecule has 0 saturated carbocycles. The second-order valence-corrected chi connectivity index (χ2v) is 5.42. The van der Waals surface area contributed by atoms with Gasteiger partial charge in [0.05, 0.1) is 11.9 Å². The van der Waals surface area contributed by atoms with E-state index in [0.717, 1.165) is 22.5 Å². The molecule has 3 rings (SSSR count). The highest BCUT2D eigenvalue weighted by atomic mass is 16.1. The predicted molar refractivity (Wildman–Crippen MR) is 94.1 cm³/mol. The van der Waals surface area contributed by atoms with Crippen molar-refractivity contribution in [2.75, 3.05) is 5.32 Å². The van der Waals surface area contributed by atoms with Crippen LogP contribution in [0.25, 0.3) is 0 Å². The monoisotopic (exact) mass is 318 g/mol. The Bertz CT molecular complexity index is 816. The summed E-state index contributed by atoms with van der Waals surface area (Å²) < 4.78 is 0. The van der Waals surface area contributed by atoms with Gasteiger partial charge in [-0.15, -0.1) is 0 Å². The van der Waals surface area contributed by atoms with Gasteiger partial charge in [-0.2, -0.15) is 0 Å². The Kier molecular flexibility index (Phi) is 4.81. The highest BCUT2D eigenvalue weighted by Gasteiger charge is 2.07. The second-order valence-electron chi connectivity index (χ2n) is 5.42. The molecular formula is C19H18N4O. The summed E-state index contributed by atoms with van der Waals surface area (Å²) in [5.41, 5.74) is 4.34. The van der Waals surface area contributed by atoms with Crippen molar-refractivity contribution in [1.82, 2.24) is 15.3 Å². The molecule has 0 bridgehead atoms. The molecule has 0 unspecified atom stereocenters. The van der Waals surface area contributed by atoms with Crippen LogP contribution in [0.4, 0.5) is 11.4 Å². The first-order chi connectivity index (χ1) is 11.7. The Hall–Kier alpha value is -3.21. The first kappa shape index (κ1) is 15.7. The number of benzene rings is 1. The van der Waals surface area contributed by atoms with Gasteiger partial charge in [0, 0.05) is 24.6 Å². The minimum atomic E-state index is -0.207. The number of para-hydroxylation sites is 1. The SMILES string of the molecule is Cc1ccccc1Nc1ccc(C(=O)NCc2cccnc2)nc1. The van der Waals surface area contributed by atoms with E-state index in [1.165, 1.54) is 0 Å². The molecule has 0 atom stereocenters. The number of anilines is 2. The molecule has 0 aliphatic heterocycles. The van der Waals surface area contributed by atoms with E-state index < -0.39 is 0 Å². The van der Waals surface area contributed by atoms with Gasteiger partial charge >= 0.3 is 0 Å². The summed E-state index contributed by atoms with van der Waals surface area (Å²) in [4.78, 5) is 20.4. The average Bonchev–Trinajstić information content (AvgIpc) is 2.63. The van der Waals surface area contributed by atoms with Crippen LogP contribution in [0.1, 0.15) is 21.6 Å². The minimum Gasteiger partial charge on any atom is -0.354 e.